The maximum Gasteiger partial charge on any atom is 0.422 e. The first-order chi connectivity index (χ1) is 8.38. The largest absolute Gasteiger partial charge is 0.422 e. The summed E-state index contributed by atoms with van der Waals surface area (Å²) in [7, 11) is 0. The van der Waals surface area contributed by atoms with Crippen LogP contribution in [0.3, 0.4) is 0 Å². The Kier molecular flexibility index (Phi) is 3.00. The standard InChI is InChI=1S/C12H11F3N2O/c13-12(14,15)11(18,7-16)9-3-4-10-8(6-9)2-1-5-17-10/h1-6,18H,7,16H2. The second kappa shape index (κ2) is 4.22. The second-order valence-electron chi connectivity index (χ2n) is 3.97. The van der Waals surface area contributed by atoms with E-state index in [9.17, 15) is 18.3 Å². The van der Waals surface area contributed by atoms with Crippen LogP contribution in [-0.2, 0) is 5.60 Å². The fourth-order valence-electron chi connectivity index (χ4n) is 1.73. The summed E-state index contributed by atoms with van der Waals surface area (Å²) in [6.45, 7) is -0.928. The van der Waals surface area contributed by atoms with Crippen molar-refractivity contribution in [3.05, 3.63) is 42.1 Å². The fraction of sp³-hybridized carbons (Fsp3) is 0.250. The smallest absolute Gasteiger partial charge is 0.375 e. The van der Waals surface area contributed by atoms with Crippen LogP contribution in [0.4, 0.5) is 13.2 Å². The van der Waals surface area contributed by atoms with E-state index in [2.05, 4.69) is 4.98 Å². The first-order valence-electron chi connectivity index (χ1n) is 5.23. The van der Waals surface area contributed by atoms with Crippen molar-refractivity contribution in [2.45, 2.75) is 11.8 Å². The molecule has 1 atom stereocenters. The van der Waals surface area contributed by atoms with Gasteiger partial charge < -0.3 is 10.8 Å². The minimum absolute atomic E-state index is 0.280. The number of nitrogens with two attached hydrogens (primary N) is 1. The number of rotatable bonds is 2. The van der Waals surface area contributed by atoms with Gasteiger partial charge in [-0.25, -0.2) is 0 Å². The average molecular weight is 256 g/mol. The van der Waals surface area contributed by atoms with Gasteiger partial charge >= 0.3 is 6.18 Å². The predicted octanol–water partition coefficient (Wildman–Crippen LogP) is 1.94. The molecule has 3 N–H and O–H groups in total. The van der Waals surface area contributed by atoms with E-state index in [0.717, 1.165) is 0 Å². The second-order valence-corrected chi connectivity index (χ2v) is 3.97. The number of aromatic nitrogens is 1. The van der Waals surface area contributed by atoms with Gasteiger partial charge in [0.1, 0.15) is 0 Å². The normalized spacial score (nSPS) is 15.6. The highest BCUT2D eigenvalue weighted by Gasteiger charge is 2.54. The summed E-state index contributed by atoms with van der Waals surface area (Å²) in [6.07, 6.45) is -3.28. The van der Waals surface area contributed by atoms with Gasteiger partial charge in [0, 0.05) is 18.1 Å². The number of halogens is 3. The minimum atomic E-state index is -4.82. The SMILES string of the molecule is NCC(O)(c1ccc2ncccc2c1)C(F)(F)F. The molecule has 6 heteroatoms. The number of hydrogen-bond donors (Lipinski definition) is 2. The van der Waals surface area contributed by atoms with Gasteiger partial charge in [-0.05, 0) is 23.8 Å². The topological polar surface area (TPSA) is 59.1 Å². The Morgan fingerprint density at radius 3 is 2.56 bits per heavy atom. The van der Waals surface area contributed by atoms with Crippen molar-refractivity contribution >= 4 is 10.9 Å². The summed E-state index contributed by atoms with van der Waals surface area (Å²) in [6, 6.07) is 7.11. The molecule has 0 amide bonds. The molecule has 0 aliphatic heterocycles. The van der Waals surface area contributed by atoms with E-state index in [0.29, 0.717) is 10.9 Å². The van der Waals surface area contributed by atoms with Gasteiger partial charge in [0.15, 0.2) is 5.60 Å². The number of pyridine rings is 1. The molecule has 1 aromatic carbocycles. The van der Waals surface area contributed by atoms with Crippen LogP contribution in [0.25, 0.3) is 10.9 Å². The van der Waals surface area contributed by atoms with Gasteiger partial charge in [-0.1, -0.05) is 12.1 Å². The number of aliphatic hydroxyl groups is 1. The monoisotopic (exact) mass is 256 g/mol. The Balaban J connectivity index is 2.59. The maximum absolute atomic E-state index is 12.8. The zero-order chi connectivity index (χ0) is 13.4. The van der Waals surface area contributed by atoms with Crippen molar-refractivity contribution in [1.82, 2.24) is 4.98 Å². The third kappa shape index (κ3) is 1.93. The Morgan fingerprint density at radius 1 is 1.22 bits per heavy atom. The number of alkyl halides is 3. The van der Waals surface area contributed by atoms with Crippen LogP contribution in [-0.4, -0.2) is 22.8 Å². The maximum atomic E-state index is 12.8. The number of benzene rings is 1. The van der Waals surface area contributed by atoms with Gasteiger partial charge in [0.25, 0.3) is 0 Å². The quantitative estimate of drug-likeness (QED) is 0.863. The van der Waals surface area contributed by atoms with E-state index in [-0.39, 0.29) is 5.56 Å². The van der Waals surface area contributed by atoms with Crippen molar-refractivity contribution in [3.63, 3.8) is 0 Å². The van der Waals surface area contributed by atoms with Crippen LogP contribution in [0.1, 0.15) is 5.56 Å². The van der Waals surface area contributed by atoms with Gasteiger partial charge in [-0.15, -0.1) is 0 Å². The Morgan fingerprint density at radius 2 is 1.94 bits per heavy atom. The van der Waals surface area contributed by atoms with Crippen molar-refractivity contribution < 1.29 is 18.3 Å². The predicted molar refractivity (Wildman–Crippen MR) is 60.7 cm³/mol. The van der Waals surface area contributed by atoms with Crippen LogP contribution < -0.4 is 5.73 Å². The molecule has 1 heterocycles. The van der Waals surface area contributed by atoms with E-state index in [4.69, 9.17) is 5.73 Å². The fourth-order valence-corrected chi connectivity index (χ4v) is 1.73. The molecule has 0 aliphatic carbocycles. The molecule has 0 aliphatic rings. The van der Waals surface area contributed by atoms with Crippen molar-refractivity contribution in [2.75, 3.05) is 6.54 Å². The molecule has 0 fully saturated rings. The van der Waals surface area contributed by atoms with Crippen LogP contribution in [0.2, 0.25) is 0 Å². The molecule has 0 bridgehead atoms. The lowest BCUT2D eigenvalue weighted by Crippen LogP contribution is -2.48. The number of nitrogens with zero attached hydrogens (tertiary/aromatic N) is 1. The van der Waals surface area contributed by atoms with Crippen LogP contribution >= 0.6 is 0 Å². The molecular weight excluding hydrogens is 245 g/mol. The summed E-state index contributed by atoms with van der Waals surface area (Å²) in [4.78, 5) is 4.00. The third-order valence-electron chi connectivity index (χ3n) is 2.84. The van der Waals surface area contributed by atoms with Crippen molar-refractivity contribution in [1.29, 1.82) is 0 Å². The molecule has 0 saturated heterocycles. The number of hydrogen-bond acceptors (Lipinski definition) is 3. The van der Waals surface area contributed by atoms with Crippen molar-refractivity contribution in [2.24, 2.45) is 5.73 Å². The molecule has 0 spiro atoms. The molecule has 96 valence electrons. The lowest BCUT2D eigenvalue weighted by molar-refractivity contribution is -0.262. The molecule has 2 rings (SSSR count). The average Bonchev–Trinajstić information content (AvgIpc) is 2.35. The Bertz CT molecular complexity index is 570. The third-order valence-corrected chi connectivity index (χ3v) is 2.84. The summed E-state index contributed by atoms with van der Waals surface area (Å²) in [5, 5.41) is 10.2. The van der Waals surface area contributed by atoms with E-state index in [1.165, 1.54) is 18.2 Å². The summed E-state index contributed by atoms with van der Waals surface area (Å²) >= 11 is 0. The minimum Gasteiger partial charge on any atom is -0.375 e. The molecule has 1 unspecified atom stereocenters. The van der Waals surface area contributed by atoms with Crippen LogP contribution in [0, 0.1) is 0 Å². The van der Waals surface area contributed by atoms with Gasteiger partial charge in [-0.2, -0.15) is 13.2 Å². The lowest BCUT2D eigenvalue weighted by Gasteiger charge is -2.29. The zero-order valence-corrected chi connectivity index (χ0v) is 9.28. The zero-order valence-electron chi connectivity index (χ0n) is 9.28. The van der Waals surface area contributed by atoms with Crippen molar-refractivity contribution in [3.8, 4) is 0 Å². The first-order valence-corrected chi connectivity index (χ1v) is 5.23. The summed E-state index contributed by atoms with van der Waals surface area (Å²) < 4.78 is 38.5. The Labute approximate surface area is 101 Å². The summed E-state index contributed by atoms with van der Waals surface area (Å²) in [5.74, 6) is 0. The lowest BCUT2D eigenvalue weighted by atomic mass is 9.92. The summed E-state index contributed by atoms with van der Waals surface area (Å²) in [5.41, 5.74) is 2.33. The molecule has 0 radical (unpaired) electrons. The first kappa shape index (κ1) is 12.8. The van der Waals surface area contributed by atoms with E-state index >= 15 is 0 Å². The molecule has 1 aromatic heterocycles. The number of fused-ring (bicyclic) bond motifs is 1. The molecule has 0 saturated carbocycles. The van der Waals surface area contributed by atoms with E-state index in [1.807, 2.05) is 0 Å². The highest BCUT2D eigenvalue weighted by molar-refractivity contribution is 5.79. The van der Waals surface area contributed by atoms with E-state index in [1.54, 1.807) is 18.3 Å². The van der Waals surface area contributed by atoms with Crippen LogP contribution in [0.15, 0.2) is 36.5 Å². The van der Waals surface area contributed by atoms with Gasteiger partial charge in [0.2, 0.25) is 0 Å². The Hall–Kier alpha value is -1.66. The van der Waals surface area contributed by atoms with Gasteiger partial charge in [0.05, 0.1) is 5.52 Å². The molecule has 2 aromatic rings. The molecule has 3 nitrogen and oxygen atoms in total. The molecule has 18 heavy (non-hydrogen) atoms. The highest BCUT2D eigenvalue weighted by atomic mass is 19.4. The highest BCUT2D eigenvalue weighted by Crippen LogP contribution is 2.38. The molecular formula is C12H11F3N2O. The van der Waals surface area contributed by atoms with Gasteiger partial charge in [-0.3, -0.25) is 4.98 Å². The van der Waals surface area contributed by atoms with Crippen LogP contribution in [0.5, 0.6) is 0 Å². The van der Waals surface area contributed by atoms with E-state index < -0.39 is 18.3 Å².